The van der Waals surface area contributed by atoms with Crippen molar-refractivity contribution in [1.29, 1.82) is 0 Å². The number of carbonyl (C=O) groups excluding carboxylic acids is 1. The molecule has 17 heavy (non-hydrogen) atoms. The Morgan fingerprint density at radius 2 is 2.24 bits per heavy atom. The lowest BCUT2D eigenvalue weighted by Crippen LogP contribution is -2.45. The molecule has 98 valence electrons. The molecule has 0 amide bonds. The van der Waals surface area contributed by atoms with Gasteiger partial charge in [0.15, 0.2) is 0 Å². The second-order valence-corrected chi connectivity index (χ2v) is 5.53. The van der Waals surface area contributed by atoms with Crippen molar-refractivity contribution in [2.45, 2.75) is 76.3 Å². The second kappa shape index (κ2) is 4.25. The van der Waals surface area contributed by atoms with E-state index in [1.54, 1.807) is 6.92 Å². The van der Waals surface area contributed by atoms with Crippen molar-refractivity contribution in [3.05, 3.63) is 0 Å². The van der Waals surface area contributed by atoms with Gasteiger partial charge < -0.3 is 14.6 Å². The summed E-state index contributed by atoms with van der Waals surface area (Å²) in [5.74, 6) is -0.137. The molecule has 0 saturated carbocycles. The zero-order chi connectivity index (χ0) is 12.7. The van der Waals surface area contributed by atoms with E-state index < -0.39 is 17.3 Å². The largest absolute Gasteiger partial charge is 0.457 e. The molecule has 4 heteroatoms. The summed E-state index contributed by atoms with van der Waals surface area (Å²) in [4.78, 5) is 11.3. The average molecular weight is 242 g/mol. The fraction of sp³-hybridized carbons (Fsp3) is 0.923. The summed E-state index contributed by atoms with van der Waals surface area (Å²) in [7, 11) is 0. The summed E-state index contributed by atoms with van der Waals surface area (Å²) in [5.41, 5.74) is -0.953. The number of cyclic esters (lactones) is 1. The highest BCUT2D eigenvalue weighted by Gasteiger charge is 2.52. The first-order valence-electron chi connectivity index (χ1n) is 6.49. The topological polar surface area (TPSA) is 55.8 Å². The lowest BCUT2D eigenvalue weighted by Gasteiger charge is -2.35. The third kappa shape index (κ3) is 2.08. The summed E-state index contributed by atoms with van der Waals surface area (Å²) in [6.07, 6.45) is 3.09. The maximum absolute atomic E-state index is 11.3. The van der Waals surface area contributed by atoms with Gasteiger partial charge in [-0.1, -0.05) is 6.92 Å². The Hall–Kier alpha value is -0.610. The number of hydrogen-bond donors (Lipinski definition) is 1. The number of ether oxygens (including phenoxy) is 2. The van der Waals surface area contributed by atoms with Gasteiger partial charge in [0, 0.05) is 6.42 Å². The molecule has 0 aliphatic carbocycles. The van der Waals surface area contributed by atoms with Gasteiger partial charge in [-0.25, -0.2) is 0 Å². The maximum atomic E-state index is 11.3. The average Bonchev–Trinajstić information content (AvgIpc) is 2.84. The van der Waals surface area contributed by atoms with Crippen LogP contribution in [0.15, 0.2) is 0 Å². The summed E-state index contributed by atoms with van der Waals surface area (Å²) >= 11 is 0. The number of carbonyl (C=O) groups is 1. The van der Waals surface area contributed by atoms with Crippen LogP contribution < -0.4 is 0 Å². The van der Waals surface area contributed by atoms with Crippen LogP contribution in [-0.2, 0) is 14.3 Å². The van der Waals surface area contributed by atoms with E-state index in [9.17, 15) is 9.90 Å². The molecule has 0 aromatic heterocycles. The van der Waals surface area contributed by atoms with Gasteiger partial charge in [-0.2, -0.15) is 0 Å². The van der Waals surface area contributed by atoms with E-state index in [1.165, 1.54) is 0 Å². The number of rotatable bonds is 3. The van der Waals surface area contributed by atoms with Gasteiger partial charge in [0.1, 0.15) is 5.60 Å². The van der Waals surface area contributed by atoms with Crippen LogP contribution in [0.5, 0.6) is 0 Å². The van der Waals surface area contributed by atoms with Crippen molar-refractivity contribution >= 4 is 5.97 Å². The third-order valence-corrected chi connectivity index (χ3v) is 4.42. The highest BCUT2D eigenvalue weighted by molar-refractivity contribution is 5.72. The van der Waals surface area contributed by atoms with E-state index in [1.807, 2.05) is 13.8 Å². The summed E-state index contributed by atoms with van der Waals surface area (Å²) < 4.78 is 11.5. The van der Waals surface area contributed by atoms with Crippen LogP contribution in [0.3, 0.4) is 0 Å². The van der Waals surface area contributed by atoms with Gasteiger partial charge in [-0.05, 0) is 39.5 Å². The Morgan fingerprint density at radius 3 is 2.65 bits per heavy atom. The molecule has 2 saturated heterocycles. The van der Waals surface area contributed by atoms with Crippen LogP contribution in [0, 0.1) is 0 Å². The Kier molecular flexibility index (Phi) is 3.21. The maximum Gasteiger partial charge on any atom is 0.306 e. The molecule has 2 aliphatic rings. The van der Waals surface area contributed by atoms with Crippen LogP contribution >= 0.6 is 0 Å². The van der Waals surface area contributed by atoms with Gasteiger partial charge in [-0.3, -0.25) is 4.79 Å². The Labute approximate surface area is 102 Å². The van der Waals surface area contributed by atoms with E-state index in [2.05, 4.69) is 0 Å². The Bertz CT molecular complexity index is 315. The number of aliphatic hydroxyl groups excluding tert-OH is 1. The van der Waals surface area contributed by atoms with Crippen LogP contribution in [0.2, 0.25) is 0 Å². The van der Waals surface area contributed by atoms with Gasteiger partial charge >= 0.3 is 5.97 Å². The minimum absolute atomic E-state index is 0.0801. The van der Waals surface area contributed by atoms with Gasteiger partial charge in [0.05, 0.1) is 17.8 Å². The number of esters is 1. The highest BCUT2D eigenvalue weighted by atomic mass is 16.6. The molecule has 0 aromatic carbocycles. The molecule has 2 fully saturated rings. The van der Waals surface area contributed by atoms with Crippen molar-refractivity contribution < 1.29 is 19.4 Å². The Balaban J connectivity index is 2.09. The molecule has 0 unspecified atom stereocenters. The zero-order valence-electron chi connectivity index (χ0n) is 10.9. The minimum Gasteiger partial charge on any atom is -0.457 e. The lowest BCUT2D eigenvalue weighted by molar-refractivity contribution is -0.178. The van der Waals surface area contributed by atoms with Gasteiger partial charge in [-0.15, -0.1) is 0 Å². The molecule has 4 atom stereocenters. The first-order valence-corrected chi connectivity index (χ1v) is 6.49. The molecule has 0 bridgehead atoms. The van der Waals surface area contributed by atoms with Gasteiger partial charge in [0.25, 0.3) is 0 Å². The van der Waals surface area contributed by atoms with Crippen LogP contribution in [-0.4, -0.2) is 34.5 Å². The SMILES string of the molecule is CC[C@]1([C@@H](C)O)CC[C@H]([C@]2(C)CCC(=O)O2)O1. The molecule has 0 spiro atoms. The van der Waals surface area contributed by atoms with Crippen molar-refractivity contribution in [1.82, 2.24) is 0 Å². The predicted molar refractivity (Wildman–Crippen MR) is 62.5 cm³/mol. The van der Waals surface area contributed by atoms with Crippen molar-refractivity contribution in [3.63, 3.8) is 0 Å². The standard InChI is InChI=1S/C13H22O4/c1-4-13(9(2)14)8-5-10(16-13)12(3)7-6-11(15)17-12/h9-10,14H,4-8H2,1-3H3/t9-,10-,12+,13-/m1/s1. The van der Waals surface area contributed by atoms with E-state index in [0.717, 1.165) is 25.7 Å². The van der Waals surface area contributed by atoms with Crippen LogP contribution in [0.25, 0.3) is 0 Å². The molecule has 1 N–H and O–H groups in total. The predicted octanol–water partition coefficient (Wildman–Crippen LogP) is 1.79. The van der Waals surface area contributed by atoms with Crippen molar-refractivity contribution in [3.8, 4) is 0 Å². The molecular weight excluding hydrogens is 220 g/mol. The third-order valence-electron chi connectivity index (χ3n) is 4.42. The van der Waals surface area contributed by atoms with Crippen LogP contribution in [0.4, 0.5) is 0 Å². The molecule has 2 aliphatic heterocycles. The van der Waals surface area contributed by atoms with Crippen LogP contribution in [0.1, 0.15) is 52.9 Å². The minimum atomic E-state index is -0.497. The van der Waals surface area contributed by atoms with E-state index in [-0.39, 0.29) is 12.1 Å². The fourth-order valence-corrected chi connectivity index (χ4v) is 3.01. The molecule has 2 heterocycles. The molecule has 2 rings (SSSR count). The van der Waals surface area contributed by atoms with Crippen molar-refractivity contribution in [2.24, 2.45) is 0 Å². The molecular formula is C13H22O4. The van der Waals surface area contributed by atoms with E-state index in [4.69, 9.17) is 9.47 Å². The van der Waals surface area contributed by atoms with E-state index in [0.29, 0.717) is 6.42 Å². The van der Waals surface area contributed by atoms with Crippen molar-refractivity contribution in [2.75, 3.05) is 0 Å². The lowest BCUT2D eigenvalue weighted by atomic mass is 9.89. The monoisotopic (exact) mass is 242 g/mol. The Morgan fingerprint density at radius 1 is 1.53 bits per heavy atom. The zero-order valence-corrected chi connectivity index (χ0v) is 10.9. The highest BCUT2D eigenvalue weighted by Crippen LogP contribution is 2.44. The fourth-order valence-electron chi connectivity index (χ4n) is 3.01. The smallest absolute Gasteiger partial charge is 0.306 e. The normalized spacial score (nSPS) is 43.8. The first kappa shape index (κ1) is 12.8. The quantitative estimate of drug-likeness (QED) is 0.767. The summed E-state index contributed by atoms with van der Waals surface area (Å²) in [6, 6.07) is 0. The van der Waals surface area contributed by atoms with E-state index >= 15 is 0 Å². The second-order valence-electron chi connectivity index (χ2n) is 5.53. The first-order chi connectivity index (χ1) is 7.92. The number of hydrogen-bond acceptors (Lipinski definition) is 4. The molecule has 4 nitrogen and oxygen atoms in total. The van der Waals surface area contributed by atoms with Gasteiger partial charge in [0.2, 0.25) is 0 Å². The summed E-state index contributed by atoms with van der Waals surface area (Å²) in [6.45, 7) is 5.74. The molecule has 0 radical (unpaired) electrons. The number of aliphatic hydroxyl groups is 1. The summed E-state index contributed by atoms with van der Waals surface area (Å²) in [5, 5.41) is 9.87. The molecule has 0 aromatic rings.